The minimum absolute atomic E-state index is 0.0251. The van der Waals surface area contributed by atoms with Crippen LogP contribution in [0.5, 0.6) is 5.75 Å². The Balaban J connectivity index is 1.80. The third-order valence-corrected chi connectivity index (χ3v) is 3.94. The van der Waals surface area contributed by atoms with E-state index in [1.807, 2.05) is 12.1 Å². The Kier molecular flexibility index (Phi) is 5.99. The number of hydrogen-bond acceptors (Lipinski definition) is 3. The lowest BCUT2D eigenvalue weighted by molar-refractivity contribution is -0.123. The number of nitrogens with two attached hydrogens (primary N) is 1. The van der Waals surface area contributed by atoms with Gasteiger partial charge in [0, 0.05) is 11.6 Å². The molecule has 0 aliphatic heterocycles. The first-order chi connectivity index (χ1) is 10.1. The van der Waals surface area contributed by atoms with Crippen LogP contribution >= 0.6 is 12.2 Å². The number of benzene rings is 1. The highest BCUT2D eigenvalue weighted by Crippen LogP contribution is 2.17. The molecule has 0 saturated heterocycles. The Morgan fingerprint density at radius 3 is 2.67 bits per heavy atom. The fraction of sp³-hybridized carbons (Fsp3) is 0.500. The maximum absolute atomic E-state index is 11.9. The van der Waals surface area contributed by atoms with E-state index >= 15 is 0 Å². The smallest absolute Gasteiger partial charge is 0.258 e. The summed E-state index contributed by atoms with van der Waals surface area (Å²) in [4.78, 5) is 12.3. The summed E-state index contributed by atoms with van der Waals surface area (Å²) < 4.78 is 5.50. The van der Waals surface area contributed by atoms with Crippen LogP contribution in [-0.2, 0) is 4.79 Å². The van der Waals surface area contributed by atoms with Crippen molar-refractivity contribution in [1.82, 2.24) is 5.32 Å². The number of carbonyl (C=O) groups excluding carboxylic acids is 1. The first kappa shape index (κ1) is 15.8. The number of amides is 1. The van der Waals surface area contributed by atoms with E-state index in [4.69, 9.17) is 22.7 Å². The fourth-order valence-corrected chi connectivity index (χ4v) is 2.71. The van der Waals surface area contributed by atoms with E-state index in [1.54, 1.807) is 12.1 Å². The summed E-state index contributed by atoms with van der Waals surface area (Å²) in [6, 6.07) is 7.47. The molecule has 21 heavy (non-hydrogen) atoms. The van der Waals surface area contributed by atoms with Crippen LogP contribution < -0.4 is 15.8 Å². The predicted octanol–water partition coefficient (Wildman–Crippen LogP) is 2.54. The van der Waals surface area contributed by atoms with Gasteiger partial charge >= 0.3 is 0 Å². The third-order valence-electron chi connectivity index (χ3n) is 3.71. The van der Waals surface area contributed by atoms with Crippen molar-refractivity contribution in [1.29, 1.82) is 0 Å². The first-order valence-electron chi connectivity index (χ1n) is 7.47. The van der Waals surface area contributed by atoms with Gasteiger partial charge in [-0.2, -0.15) is 0 Å². The molecule has 0 bridgehead atoms. The molecule has 1 fully saturated rings. The largest absolute Gasteiger partial charge is 0.484 e. The van der Waals surface area contributed by atoms with Gasteiger partial charge in [0.15, 0.2) is 6.61 Å². The van der Waals surface area contributed by atoms with Crippen molar-refractivity contribution in [2.24, 2.45) is 5.73 Å². The van der Waals surface area contributed by atoms with E-state index in [0.29, 0.717) is 16.8 Å². The van der Waals surface area contributed by atoms with Crippen LogP contribution in [0.4, 0.5) is 0 Å². The molecule has 4 nitrogen and oxygen atoms in total. The average molecular weight is 306 g/mol. The Labute approximate surface area is 131 Å². The molecule has 2 rings (SSSR count). The second kappa shape index (κ2) is 7.98. The molecule has 5 heteroatoms. The zero-order valence-corrected chi connectivity index (χ0v) is 13.0. The molecule has 1 aliphatic carbocycles. The van der Waals surface area contributed by atoms with Gasteiger partial charge < -0.3 is 15.8 Å². The van der Waals surface area contributed by atoms with Crippen molar-refractivity contribution in [2.75, 3.05) is 6.61 Å². The lowest BCUT2D eigenvalue weighted by Crippen LogP contribution is -2.37. The number of carbonyl (C=O) groups is 1. The second-order valence-electron chi connectivity index (χ2n) is 5.44. The zero-order chi connectivity index (χ0) is 15.1. The van der Waals surface area contributed by atoms with Crippen LogP contribution in [0.25, 0.3) is 0 Å². The molecule has 1 aromatic carbocycles. The number of hydrogen-bond donors (Lipinski definition) is 2. The molecule has 1 saturated carbocycles. The summed E-state index contributed by atoms with van der Waals surface area (Å²) in [5, 5.41) is 3.05. The SMILES string of the molecule is NC(=S)c1cccc(OCC(=O)NC2CCCCCC2)c1. The minimum Gasteiger partial charge on any atom is -0.484 e. The molecule has 0 heterocycles. The van der Waals surface area contributed by atoms with Crippen LogP contribution in [0.2, 0.25) is 0 Å². The summed E-state index contributed by atoms with van der Waals surface area (Å²) in [7, 11) is 0. The van der Waals surface area contributed by atoms with E-state index in [0.717, 1.165) is 18.4 Å². The van der Waals surface area contributed by atoms with E-state index in [1.165, 1.54) is 25.7 Å². The summed E-state index contributed by atoms with van der Waals surface area (Å²) in [5.74, 6) is 0.541. The average Bonchev–Trinajstić information content (AvgIpc) is 2.74. The lowest BCUT2D eigenvalue weighted by Gasteiger charge is -2.16. The zero-order valence-electron chi connectivity index (χ0n) is 12.1. The molecule has 1 amide bonds. The van der Waals surface area contributed by atoms with Crippen molar-refractivity contribution in [2.45, 2.75) is 44.6 Å². The fourth-order valence-electron chi connectivity index (χ4n) is 2.58. The van der Waals surface area contributed by atoms with Gasteiger partial charge in [-0.25, -0.2) is 0 Å². The molecule has 0 unspecified atom stereocenters. The standard InChI is InChI=1S/C16H22N2O2S/c17-16(21)12-6-5-9-14(10-12)20-11-15(19)18-13-7-3-1-2-4-8-13/h5-6,9-10,13H,1-4,7-8,11H2,(H2,17,21)(H,18,19). The van der Waals surface area contributed by atoms with Crippen molar-refractivity contribution in [3.8, 4) is 5.75 Å². The van der Waals surface area contributed by atoms with Gasteiger partial charge in [0.25, 0.3) is 5.91 Å². The molecular formula is C16H22N2O2S. The lowest BCUT2D eigenvalue weighted by atomic mass is 10.1. The quantitative estimate of drug-likeness (QED) is 0.648. The van der Waals surface area contributed by atoms with Crippen LogP contribution in [0.1, 0.15) is 44.1 Å². The molecule has 0 atom stereocenters. The summed E-state index contributed by atoms with van der Waals surface area (Å²) in [6.07, 6.45) is 7.08. The van der Waals surface area contributed by atoms with Crippen molar-refractivity contribution >= 4 is 23.1 Å². The van der Waals surface area contributed by atoms with Gasteiger partial charge in [-0.1, -0.05) is 50.0 Å². The molecule has 114 valence electrons. The monoisotopic (exact) mass is 306 g/mol. The second-order valence-corrected chi connectivity index (χ2v) is 5.88. The Bertz CT molecular complexity index is 497. The highest BCUT2D eigenvalue weighted by molar-refractivity contribution is 7.80. The number of thiocarbonyl (C=S) groups is 1. The van der Waals surface area contributed by atoms with Gasteiger partial charge in [-0.05, 0) is 25.0 Å². The Morgan fingerprint density at radius 2 is 2.00 bits per heavy atom. The summed E-state index contributed by atoms with van der Waals surface area (Å²) in [6.45, 7) is 0.0251. The van der Waals surface area contributed by atoms with Crippen LogP contribution in [0, 0.1) is 0 Å². The predicted molar refractivity (Wildman–Crippen MR) is 87.5 cm³/mol. The van der Waals surface area contributed by atoms with E-state index in [9.17, 15) is 4.79 Å². The summed E-state index contributed by atoms with van der Waals surface area (Å²) in [5.41, 5.74) is 6.32. The van der Waals surface area contributed by atoms with Gasteiger partial charge in [-0.15, -0.1) is 0 Å². The first-order valence-corrected chi connectivity index (χ1v) is 7.88. The summed E-state index contributed by atoms with van der Waals surface area (Å²) >= 11 is 4.92. The molecule has 1 aromatic rings. The normalized spacial score (nSPS) is 16.0. The molecule has 0 spiro atoms. The highest BCUT2D eigenvalue weighted by atomic mass is 32.1. The van der Waals surface area contributed by atoms with Gasteiger partial charge in [-0.3, -0.25) is 4.79 Å². The number of rotatable bonds is 5. The number of ether oxygens (including phenoxy) is 1. The van der Waals surface area contributed by atoms with Crippen LogP contribution in [0.15, 0.2) is 24.3 Å². The molecular weight excluding hydrogens is 284 g/mol. The van der Waals surface area contributed by atoms with Crippen LogP contribution in [-0.4, -0.2) is 23.5 Å². The van der Waals surface area contributed by atoms with Crippen molar-refractivity contribution < 1.29 is 9.53 Å². The van der Waals surface area contributed by atoms with E-state index < -0.39 is 0 Å². The minimum atomic E-state index is -0.0670. The highest BCUT2D eigenvalue weighted by Gasteiger charge is 2.14. The Morgan fingerprint density at radius 1 is 1.29 bits per heavy atom. The Hall–Kier alpha value is -1.62. The van der Waals surface area contributed by atoms with Crippen molar-refractivity contribution in [3.63, 3.8) is 0 Å². The maximum Gasteiger partial charge on any atom is 0.258 e. The third kappa shape index (κ3) is 5.34. The van der Waals surface area contributed by atoms with E-state index in [2.05, 4.69) is 5.32 Å². The maximum atomic E-state index is 11.9. The van der Waals surface area contributed by atoms with Gasteiger partial charge in [0.05, 0.1) is 0 Å². The molecule has 1 aliphatic rings. The van der Waals surface area contributed by atoms with Crippen LogP contribution in [0.3, 0.4) is 0 Å². The van der Waals surface area contributed by atoms with Crippen molar-refractivity contribution in [3.05, 3.63) is 29.8 Å². The topological polar surface area (TPSA) is 64.3 Å². The number of nitrogens with one attached hydrogen (secondary N) is 1. The molecule has 0 radical (unpaired) electrons. The van der Waals surface area contributed by atoms with Gasteiger partial charge in [0.1, 0.15) is 10.7 Å². The van der Waals surface area contributed by atoms with Gasteiger partial charge in [0.2, 0.25) is 0 Å². The molecule has 3 N–H and O–H groups in total. The molecule has 0 aromatic heterocycles. The van der Waals surface area contributed by atoms with E-state index in [-0.39, 0.29) is 12.5 Å².